The minimum absolute atomic E-state index is 0.0653. The second-order valence-electron chi connectivity index (χ2n) is 4.27. The normalized spacial score (nSPS) is 12.3. The van der Waals surface area contributed by atoms with E-state index in [1.807, 2.05) is 6.07 Å². The fourth-order valence-corrected chi connectivity index (χ4v) is 1.84. The summed E-state index contributed by atoms with van der Waals surface area (Å²) in [6, 6.07) is 5.43. The average Bonchev–Trinajstić information content (AvgIpc) is 2.81. The number of carbonyl (C=O) groups excluding carboxylic acids is 1. The Morgan fingerprint density at radius 3 is 2.74 bits per heavy atom. The highest BCUT2D eigenvalue weighted by Gasteiger charge is 2.16. The molecule has 6 heteroatoms. The molecule has 1 aliphatic rings. The van der Waals surface area contributed by atoms with Crippen LogP contribution in [0.5, 0.6) is 11.5 Å². The van der Waals surface area contributed by atoms with E-state index in [4.69, 9.17) is 14.6 Å². The van der Waals surface area contributed by atoms with Gasteiger partial charge in [-0.15, -0.1) is 0 Å². The molecule has 1 aliphatic heterocycles. The van der Waals surface area contributed by atoms with Crippen molar-refractivity contribution in [2.75, 3.05) is 13.3 Å². The number of carboxylic acids is 1. The second-order valence-corrected chi connectivity index (χ2v) is 4.27. The number of benzene rings is 1. The molecule has 19 heavy (non-hydrogen) atoms. The van der Waals surface area contributed by atoms with Crippen LogP contribution in [0, 0.1) is 0 Å². The molecule has 0 unspecified atom stereocenters. The fraction of sp³-hybridized carbons (Fsp3) is 0.385. The molecule has 6 nitrogen and oxygen atoms in total. The predicted octanol–water partition coefficient (Wildman–Crippen LogP) is 1.24. The van der Waals surface area contributed by atoms with Crippen LogP contribution in [-0.4, -0.2) is 35.2 Å². The lowest BCUT2D eigenvalue weighted by Gasteiger charge is -2.20. The summed E-state index contributed by atoms with van der Waals surface area (Å²) in [7, 11) is 0. The summed E-state index contributed by atoms with van der Waals surface area (Å²) in [6.45, 7) is 2.18. The molecule has 1 N–H and O–H groups in total. The molecule has 1 aromatic carbocycles. The van der Waals surface area contributed by atoms with E-state index in [1.54, 1.807) is 12.1 Å². The van der Waals surface area contributed by atoms with Gasteiger partial charge in [-0.1, -0.05) is 6.07 Å². The van der Waals surface area contributed by atoms with Crippen LogP contribution in [0.2, 0.25) is 0 Å². The molecule has 0 saturated carbocycles. The molecule has 102 valence electrons. The van der Waals surface area contributed by atoms with Crippen LogP contribution in [0.1, 0.15) is 18.9 Å². The molecule has 0 aliphatic carbocycles. The average molecular weight is 265 g/mol. The third kappa shape index (κ3) is 3.37. The Morgan fingerprint density at radius 1 is 1.32 bits per heavy atom. The lowest BCUT2D eigenvalue weighted by Crippen LogP contribution is -2.30. The highest BCUT2D eigenvalue weighted by atomic mass is 16.7. The Balaban J connectivity index is 2.04. The first-order valence-corrected chi connectivity index (χ1v) is 5.92. The molecule has 1 heterocycles. The SMILES string of the molecule is CC(=O)N(CCC(=O)O)Cc1ccc2c(c1)OCO2. The summed E-state index contributed by atoms with van der Waals surface area (Å²) in [5.41, 5.74) is 0.879. The van der Waals surface area contributed by atoms with E-state index in [1.165, 1.54) is 11.8 Å². The molecule has 1 aromatic rings. The van der Waals surface area contributed by atoms with Crippen LogP contribution >= 0.6 is 0 Å². The minimum atomic E-state index is -0.920. The van der Waals surface area contributed by atoms with Crippen LogP contribution in [0.4, 0.5) is 0 Å². The van der Waals surface area contributed by atoms with Crippen molar-refractivity contribution in [2.24, 2.45) is 0 Å². The number of hydrogen-bond acceptors (Lipinski definition) is 4. The zero-order chi connectivity index (χ0) is 13.8. The van der Waals surface area contributed by atoms with E-state index in [9.17, 15) is 9.59 Å². The molecular formula is C13H15NO5. The first-order valence-electron chi connectivity index (χ1n) is 5.92. The summed E-state index contributed by atoms with van der Waals surface area (Å²) >= 11 is 0. The van der Waals surface area contributed by atoms with Crippen molar-refractivity contribution in [2.45, 2.75) is 19.9 Å². The van der Waals surface area contributed by atoms with E-state index >= 15 is 0 Å². The molecule has 2 rings (SSSR count). The van der Waals surface area contributed by atoms with Crippen molar-refractivity contribution in [3.8, 4) is 11.5 Å². The minimum Gasteiger partial charge on any atom is -0.481 e. The number of carbonyl (C=O) groups is 2. The second kappa shape index (κ2) is 5.60. The van der Waals surface area contributed by atoms with Gasteiger partial charge in [0, 0.05) is 20.0 Å². The topological polar surface area (TPSA) is 76.1 Å². The molecule has 0 spiro atoms. The maximum absolute atomic E-state index is 11.5. The molecule has 0 fully saturated rings. The van der Waals surface area contributed by atoms with Gasteiger partial charge in [0.15, 0.2) is 11.5 Å². The van der Waals surface area contributed by atoms with Gasteiger partial charge in [0.2, 0.25) is 12.7 Å². The van der Waals surface area contributed by atoms with Crippen molar-refractivity contribution in [1.29, 1.82) is 0 Å². The van der Waals surface area contributed by atoms with Gasteiger partial charge in [-0.25, -0.2) is 0 Å². The number of nitrogens with zero attached hydrogens (tertiary/aromatic N) is 1. The zero-order valence-electron chi connectivity index (χ0n) is 10.6. The highest BCUT2D eigenvalue weighted by Crippen LogP contribution is 2.32. The standard InChI is InChI=1S/C13H15NO5/c1-9(15)14(5-4-13(16)17)7-10-2-3-11-12(6-10)19-8-18-11/h2-3,6H,4-5,7-8H2,1H3,(H,16,17). The van der Waals surface area contributed by atoms with E-state index in [0.29, 0.717) is 18.0 Å². The maximum atomic E-state index is 11.5. The lowest BCUT2D eigenvalue weighted by molar-refractivity contribution is -0.138. The van der Waals surface area contributed by atoms with Crippen LogP contribution in [0.15, 0.2) is 18.2 Å². The predicted molar refractivity (Wildman–Crippen MR) is 65.9 cm³/mol. The summed E-state index contributed by atoms with van der Waals surface area (Å²) in [4.78, 5) is 23.5. The van der Waals surface area contributed by atoms with Crippen LogP contribution in [0.25, 0.3) is 0 Å². The van der Waals surface area contributed by atoms with Crippen molar-refractivity contribution in [3.63, 3.8) is 0 Å². The monoisotopic (exact) mass is 265 g/mol. The van der Waals surface area contributed by atoms with Crippen LogP contribution < -0.4 is 9.47 Å². The molecule has 1 amide bonds. The van der Waals surface area contributed by atoms with Crippen molar-refractivity contribution in [3.05, 3.63) is 23.8 Å². The van der Waals surface area contributed by atoms with Gasteiger partial charge < -0.3 is 19.5 Å². The Bertz CT molecular complexity index is 500. The first-order chi connectivity index (χ1) is 9.06. The Morgan fingerprint density at radius 2 is 2.05 bits per heavy atom. The van der Waals surface area contributed by atoms with Crippen molar-refractivity contribution in [1.82, 2.24) is 4.90 Å². The van der Waals surface area contributed by atoms with Gasteiger partial charge >= 0.3 is 5.97 Å². The molecule has 0 atom stereocenters. The van der Waals surface area contributed by atoms with E-state index in [2.05, 4.69) is 0 Å². The summed E-state index contributed by atoms with van der Waals surface area (Å²) < 4.78 is 10.5. The van der Waals surface area contributed by atoms with Gasteiger partial charge in [0.1, 0.15) is 0 Å². The van der Waals surface area contributed by atoms with Gasteiger partial charge in [-0.2, -0.15) is 0 Å². The molecule has 0 bridgehead atoms. The van der Waals surface area contributed by atoms with E-state index in [0.717, 1.165) is 5.56 Å². The maximum Gasteiger partial charge on any atom is 0.305 e. The van der Waals surface area contributed by atoms with Crippen LogP contribution in [-0.2, 0) is 16.1 Å². The summed E-state index contributed by atoms with van der Waals surface area (Å²) in [5.74, 6) is 0.263. The smallest absolute Gasteiger partial charge is 0.305 e. The number of ether oxygens (including phenoxy) is 2. The number of rotatable bonds is 5. The number of fused-ring (bicyclic) bond motifs is 1. The van der Waals surface area contributed by atoms with E-state index < -0.39 is 5.97 Å². The first kappa shape index (κ1) is 13.2. The fourth-order valence-electron chi connectivity index (χ4n) is 1.84. The van der Waals surface area contributed by atoms with Gasteiger partial charge in [0.05, 0.1) is 6.42 Å². The van der Waals surface area contributed by atoms with E-state index in [-0.39, 0.29) is 25.7 Å². The van der Waals surface area contributed by atoms with Gasteiger partial charge in [0.25, 0.3) is 0 Å². The molecule has 0 saturated heterocycles. The van der Waals surface area contributed by atoms with Gasteiger partial charge in [-0.05, 0) is 17.7 Å². The zero-order valence-corrected chi connectivity index (χ0v) is 10.6. The third-order valence-electron chi connectivity index (χ3n) is 2.85. The summed E-state index contributed by atoms with van der Waals surface area (Å²) in [5, 5.41) is 8.66. The van der Waals surface area contributed by atoms with Gasteiger partial charge in [-0.3, -0.25) is 9.59 Å². The number of aliphatic carboxylic acids is 1. The molecule has 0 aromatic heterocycles. The Labute approximate surface area is 110 Å². The third-order valence-corrected chi connectivity index (χ3v) is 2.85. The number of amides is 1. The molecular weight excluding hydrogens is 250 g/mol. The Hall–Kier alpha value is -2.24. The van der Waals surface area contributed by atoms with Crippen molar-refractivity contribution >= 4 is 11.9 Å². The largest absolute Gasteiger partial charge is 0.481 e. The Kier molecular flexibility index (Phi) is 3.89. The van der Waals surface area contributed by atoms with Crippen LogP contribution in [0.3, 0.4) is 0 Å². The number of hydrogen-bond donors (Lipinski definition) is 1. The quantitative estimate of drug-likeness (QED) is 0.866. The lowest BCUT2D eigenvalue weighted by atomic mass is 10.2. The van der Waals surface area contributed by atoms with Crippen molar-refractivity contribution < 1.29 is 24.2 Å². The highest BCUT2D eigenvalue weighted by molar-refractivity contribution is 5.74. The number of carboxylic acid groups (broad SMARTS) is 1. The summed E-state index contributed by atoms with van der Waals surface area (Å²) in [6.07, 6.45) is -0.0653. The molecule has 0 radical (unpaired) electrons.